The second kappa shape index (κ2) is 7.64. The number of pyridine rings is 1. The summed E-state index contributed by atoms with van der Waals surface area (Å²) in [6.07, 6.45) is 4.92. The highest BCUT2D eigenvalue weighted by atomic mass is 32.2. The van der Waals surface area contributed by atoms with Gasteiger partial charge >= 0.3 is 5.76 Å². The van der Waals surface area contributed by atoms with E-state index in [-0.39, 0.29) is 4.90 Å². The quantitative estimate of drug-likeness (QED) is 0.632. The molecule has 0 N–H and O–H groups in total. The monoisotopic (exact) mass is 417 g/mol. The van der Waals surface area contributed by atoms with Gasteiger partial charge in [0.1, 0.15) is 5.75 Å². The van der Waals surface area contributed by atoms with Crippen LogP contribution in [-0.2, 0) is 17.1 Å². The highest BCUT2D eigenvalue weighted by Gasteiger charge is 2.30. The molecule has 1 fully saturated rings. The van der Waals surface area contributed by atoms with Gasteiger partial charge in [0.15, 0.2) is 5.58 Å². The van der Waals surface area contributed by atoms with Crippen molar-refractivity contribution < 1.29 is 17.6 Å². The molecule has 1 aromatic carbocycles. The summed E-state index contributed by atoms with van der Waals surface area (Å²) in [5.41, 5.74) is 1.82. The number of sulfonamides is 1. The number of hydrogen-bond donors (Lipinski definition) is 0. The zero-order valence-corrected chi connectivity index (χ0v) is 17.2. The predicted octanol–water partition coefficient (Wildman–Crippen LogP) is 2.31. The van der Waals surface area contributed by atoms with E-state index in [4.69, 9.17) is 9.15 Å². The summed E-state index contributed by atoms with van der Waals surface area (Å²) in [5, 5.41) is 0. The highest BCUT2D eigenvalue weighted by molar-refractivity contribution is 7.89. The van der Waals surface area contributed by atoms with Gasteiger partial charge in [0.05, 0.1) is 17.0 Å². The molecule has 1 aliphatic rings. The minimum Gasteiger partial charge on any atom is -0.493 e. The number of piperidine rings is 1. The summed E-state index contributed by atoms with van der Waals surface area (Å²) in [6, 6.07) is 6.36. The van der Waals surface area contributed by atoms with Gasteiger partial charge in [-0.25, -0.2) is 13.2 Å². The van der Waals surface area contributed by atoms with Crippen LogP contribution in [0.15, 0.2) is 50.8 Å². The van der Waals surface area contributed by atoms with Crippen LogP contribution >= 0.6 is 0 Å². The average Bonchev–Trinajstić information content (AvgIpc) is 3.01. The SMILES string of the molecule is Cc1cnccc1OCC1CCN(S(=O)(=O)c2ccc3oc(=O)n(C)c3c2)CC1. The van der Waals surface area contributed by atoms with E-state index in [0.717, 1.165) is 24.2 Å². The van der Waals surface area contributed by atoms with Crippen LogP contribution in [0.1, 0.15) is 18.4 Å². The van der Waals surface area contributed by atoms with E-state index in [1.807, 2.05) is 13.0 Å². The first kappa shape index (κ1) is 19.7. The largest absolute Gasteiger partial charge is 0.493 e. The van der Waals surface area contributed by atoms with Gasteiger partial charge in [0, 0.05) is 38.1 Å². The Kier molecular flexibility index (Phi) is 5.18. The van der Waals surface area contributed by atoms with Gasteiger partial charge in [-0.15, -0.1) is 0 Å². The molecule has 0 unspecified atom stereocenters. The first-order valence-electron chi connectivity index (χ1n) is 9.49. The van der Waals surface area contributed by atoms with Crippen molar-refractivity contribution in [2.45, 2.75) is 24.7 Å². The number of rotatable bonds is 5. The Labute approximate surface area is 168 Å². The third-order valence-corrected chi connectivity index (χ3v) is 7.31. The summed E-state index contributed by atoms with van der Waals surface area (Å²) >= 11 is 0. The van der Waals surface area contributed by atoms with Crippen molar-refractivity contribution in [3.05, 3.63) is 52.8 Å². The molecule has 29 heavy (non-hydrogen) atoms. The number of aromatic nitrogens is 2. The molecule has 2 aromatic heterocycles. The van der Waals surface area contributed by atoms with Crippen molar-refractivity contribution in [1.82, 2.24) is 13.9 Å². The van der Waals surface area contributed by atoms with E-state index >= 15 is 0 Å². The zero-order chi connectivity index (χ0) is 20.6. The Morgan fingerprint density at radius 2 is 2.00 bits per heavy atom. The minimum absolute atomic E-state index is 0.170. The maximum Gasteiger partial charge on any atom is 0.419 e. The van der Waals surface area contributed by atoms with Gasteiger partial charge in [0.25, 0.3) is 0 Å². The maximum atomic E-state index is 13.0. The van der Waals surface area contributed by atoms with Gasteiger partial charge < -0.3 is 9.15 Å². The molecule has 9 heteroatoms. The summed E-state index contributed by atoms with van der Waals surface area (Å²) < 4.78 is 39.9. The van der Waals surface area contributed by atoms with E-state index in [9.17, 15) is 13.2 Å². The van der Waals surface area contributed by atoms with Crippen molar-refractivity contribution in [2.75, 3.05) is 19.7 Å². The molecular weight excluding hydrogens is 394 g/mol. The second-order valence-electron chi connectivity index (χ2n) is 7.36. The van der Waals surface area contributed by atoms with Crippen molar-refractivity contribution in [3.8, 4) is 5.75 Å². The van der Waals surface area contributed by atoms with Gasteiger partial charge in [0.2, 0.25) is 10.0 Å². The number of oxazole rings is 1. The molecule has 0 spiro atoms. The van der Waals surface area contributed by atoms with Crippen molar-refractivity contribution in [2.24, 2.45) is 13.0 Å². The van der Waals surface area contributed by atoms with Crippen LogP contribution in [0.4, 0.5) is 0 Å². The average molecular weight is 417 g/mol. The number of ether oxygens (including phenoxy) is 1. The smallest absolute Gasteiger partial charge is 0.419 e. The summed E-state index contributed by atoms with van der Waals surface area (Å²) in [7, 11) is -2.07. The molecule has 0 aliphatic carbocycles. The third-order valence-electron chi connectivity index (χ3n) is 5.42. The molecule has 0 radical (unpaired) electrons. The molecule has 8 nitrogen and oxygen atoms in total. The molecule has 0 saturated carbocycles. The Bertz CT molecular complexity index is 1190. The van der Waals surface area contributed by atoms with Gasteiger partial charge in [-0.05, 0) is 49.9 Å². The van der Waals surface area contributed by atoms with Gasteiger partial charge in [-0.2, -0.15) is 4.31 Å². The van der Waals surface area contributed by atoms with Crippen molar-refractivity contribution in [3.63, 3.8) is 0 Å². The molecule has 0 atom stereocenters. The minimum atomic E-state index is -3.63. The van der Waals surface area contributed by atoms with E-state index in [1.165, 1.54) is 27.1 Å². The molecule has 0 amide bonds. The maximum absolute atomic E-state index is 13.0. The van der Waals surface area contributed by atoms with Crippen LogP contribution in [0, 0.1) is 12.8 Å². The van der Waals surface area contributed by atoms with Crippen LogP contribution in [-0.4, -0.2) is 42.0 Å². The number of hydrogen-bond acceptors (Lipinski definition) is 6. The Morgan fingerprint density at radius 3 is 2.72 bits per heavy atom. The molecular formula is C20H23N3O5S. The topological polar surface area (TPSA) is 94.6 Å². The zero-order valence-electron chi connectivity index (χ0n) is 16.4. The van der Waals surface area contributed by atoms with E-state index < -0.39 is 15.8 Å². The lowest BCUT2D eigenvalue weighted by molar-refractivity contribution is 0.184. The summed E-state index contributed by atoms with van der Waals surface area (Å²) in [6.45, 7) is 3.38. The van der Waals surface area contributed by atoms with Crippen LogP contribution in [0.2, 0.25) is 0 Å². The van der Waals surface area contributed by atoms with Crippen LogP contribution in [0.5, 0.6) is 5.75 Å². The predicted molar refractivity (Wildman–Crippen MR) is 107 cm³/mol. The molecule has 1 saturated heterocycles. The number of benzene rings is 1. The Balaban J connectivity index is 1.43. The van der Waals surface area contributed by atoms with E-state index in [2.05, 4.69) is 4.98 Å². The highest BCUT2D eigenvalue weighted by Crippen LogP contribution is 2.27. The summed E-state index contributed by atoms with van der Waals surface area (Å²) in [4.78, 5) is 15.9. The third kappa shape index (κ3) is 3.79. The Hall–Kier alpha value is -2.65. The molecule has 3 heterocycles. The fourth-order valence-corrected chi connectivity index (χ4v) is 5.05. The van der Waals surface area contributed by atoms with Crippen LogP contribution in [0.25, 0.3) is 11.1 Å². The van der Waals surface area contributed by atoms with Gasteiger partial charge in [-0.1, -0.05) is 0 Å². The molecule has 154 valence electrons. The van der Waals surface area contributed by atoms with Crippen LogP contribution < -0.4 is 10.5 Å². The normalized spacial score (nSPS) is 16.3. The van der Waals surface area contributed by atoms with E-state index in [0.29, 0.717) is 36.7 Å². The van der Waals surface area contributed by atoms with Crippen molar-refractivity contribution in [1.29, 1.82) is 0 Å². The lowest BCUT2D eigenvalue weighted by atomic mass is 9.99. The fraction of sp³-hybridized carbons (Fsp3) is 0.400. The molecule has 4 rings (SSSR count). The molecule has 0 bridgehead atoms. The van der Waals surface area contributed by atoms with Gasteiger partial charge in [-0.3, -0.25) is 9.55 Å². The number of nitrogens with zero attached hydrogens (tertiary/aromatic N) is 3. The Morgan fingerprint density at radius 1 is 1.24 bits per heavy atom. The first-order chi connectivity index (χ1) is 13.9. The molecule has 1 aliphatic heterocycles. The lowest BCUT2D eigenvalue weighted by Crippen LogP contribution is -2.39. The second-order valence-corrected chi connectivity index (χ2v) is 9.29. The lowest BCUT2D eigenvalue weighted by Gasteiger charge is -2.31. The number of aryl methyl sites for hydroxylation is 2. The molecule has 3 aromatic rings. The van der Waals surface area contributed by atoms with Crippen LogP contribution in [0.3, 0.4) is 0 Å². The van der Waals surface area contributed by atoms with Crippen molar-refractivity contribution >= 4 is 21.1 Å². The summed E-state index contributed by atoms with van der Waals surface area (Å²) in [5.74, 6) is 0.597. The fourth-order valence-electron chi connectivity index (χ4n) is 3.56. The first-order valence-corrected chi connectivity index (χ1v) is 10.9. The van der Waals surface area contributed by atoms with E-state index in [1.54, 1.807) is 19.4 Å². The number of fused-ring (bicyclic) bond motifs is 1. The standard InChI is InChI=1S/C20H23N3O5S/c1-14-12-21-8-5-18(14)27-13-15-6-9-23(10-7-15)29(25,26)16-3-4-19-17(11-16)22(2)20(24)28-19/h3-5,8,11-12,15H,6-7,9-10,13H2,1-2H3.